The maximum Gasteiger partial charge on any atom is 0.262 e. The molecule has 158 valence electrons. The molecule has 4 nitrogen and oxygen atoms in total. The maximum absolute atomic E-state index is 12.5. The molecule has 1 aliphatic heterocycles. The van der Waals surface area contributed by atoms with E-state index in [0.29, 0.717) is 22.7 Å². The number of carbonyl (C=O) groups is 2. The van der Waals surface area contributed by atoms with Crippen molar-refractivity contribution in [1.29, 1.82) is 0 Å². The first-order valence-corrected chi connectivity index (χ1v) is 12.3. The Morgan fingerprint density at radius 3 is 2.67 bits per heavy atom. The molecule has 3 rings (SSSR count). The van der Waals surface area contributed by atoms with Gasteiger partial charge in [0.1, 0.15) is 0 Å². The molecule has 0 radical (unpaired) electrons. The summed E-state index contributed by atoms with van der Waals surface area (Å²) in [6.45, 7) is 4.90. The number of thioether (sulfide) groups is 2. The second kappa shape index (κ2) is 11.3. The van der Waals surface area contributed by atoms with Crippen molar-refractivity contribution in [2.75, 3.05) is 23.4 Å². The van der Waals surface area contributed by atoms with Crippen molar-refractivity contribution >= 4 is 47.1 Å². The topological polar surface area (TPSA) is 58.2 Å². The number of carbonyl (C=O) groups excluding carboxylic acids is 2. The second-order valence-corrected chi connectivity index (χ2v) is 9.57. The summed E-state index contributed by atoms with van der Waals surface area (Å²) in [5.41, 5.74) is 3.43. The van der Waals surface area contributed by atoms with Gasteiger partial charge in [0.15, 0.2) is 0 Å². The molecule has 0 aliphatic carbocycles. The van der Waals surface area contributed by atoms with E-state index in [2.05, 4.69) is 17.6 Å². The van der Waals surface area contributed by atoms with Crippen LogP contribution in [0.5, 0.6) is 0 Å². The zero-order valence-corrected chi connectivity index (χ0v) is 19.1. The molecule has 2 N–H and O–H groups in total. The van der Waals surface area contributed by atoms with E-state index in [1.807, 2.05) is 61.2 Å². The highest BCUT2D eigenvalue weighted by Crippen LogP contribution is 2.39. The van der Waals surface area contributed by atoms with Crippen molar-refractivity contribution in [2.24, 2.45) is 0 Å². The minimum absolute atomic E-state index is 0.100. The van der Waals surface area contributed by atoms with Gasteiger partial charge in [-0.3, -0.25) is 9.59 Å². The third kappa shape index (κ3) is 6.41. The predicted octanol–water partition coefficient (Wildman–Crippen LogP) is 5.73. The number of amides is 2. The zero-order chi connectivity index (χ0) is 21.3. The number of unbranched alkanes of at least 4 members (excludes halogenated alkanes) is 1. The molecule has 30 heavy (non-hydrogen) atoms. The number of hydrogen-bond donors (Lipinski definition) is 2. The van der Waals surface area contributed by atoms with Crippen molar-refractivity contribution in [3.63, 3.8) is 0 Å². The Hall–Kier alpha value is -2.18. The number of anilines is 1. The van der Waals surface area contributed by atoms with E-state index in [0.717, 1.165) is 22.6 Å². The van der Waals surface area contributed by atoms with Crippen LogP contribution in [0.1, 0.15) is 47.7 Å². The average Bonchev–Trinajstić information content (AvgIpc) is 2.74. The van der Waals surface area contributed by atoms with E-state index < -0.39 is 0 Å². The standard InChI is InChI=1S/C24H28N2O2S2/c1-3-4-13-29-14-5-12-25-23(27)19-10-11-21-20(16-19)26-24(28)22(30-21)15-18-8-6-17(2)7-9-18/h6-11,15-16H,3-5,12-14H2,1-2H3,(H,25,27)(H,26,28). The van der Waals surface area contributed by atoms with Crippen LogP contribution in [0.2, 0.25) is 0 Å². The molecule has 2 aromatic rings. The highest BCUT2D eigenvalue weighted by molar-refractivity contribution is 8.04. The van der Waals surface area contributed by atoms with E-state index in [-0.39, 0.29) is 11.8 Å². The molecule has 6 heteroatoms. The van der Waals surface area contributed by atoms with Crippen LogP contribution >= 0.6 is 23.5 Å². The van der Waals surface area contributed by atoms with Gasteiger partial charge in [0, 0.05) is 17.0 Å². The van der Waals surface area contributed by atoms with Crippen LogP contribution in [-0.2, 0) is 4.79 Å². The first-order valence-electron chi connectivity index (χ1n) is 10.3. The van der Waals surface area contributed by atoms with Gasteiger partial charge in [-0.25, -0.2) is 0 Å². The van der Waals surface area contributed by atoms with Gasteiger partial charge >= 0.3 is 0 Å². The Balaban J connectivity index is 1.57. The van der Waals surface area contributed by atoms with E-state index in [9.17, 15) is 9.59 Å². The summed E-state index contributed by atoms with van der Waals surface area (Å²) in [4.78, 5) is 26.5. The van der Waals surface area contributed by atoms with Crippen molar-refractivity contribution in [1.82, 2.24) is 5.32 Å². The Labute approximate surface area is 187 Å². The van der Waals surface area contributed by atoms with Crippen LogP contribution in [0.4, 0.5) is 5.69 Å². The fourth-order valence-electron chi connectivity index (χ4n) is 2.94. The molecule has 1 heterocycles. The van der Waals surface area contributed by atoms with Crippen molar-refractivity contribution in [3.8, 4) is 0 Å². The molecular formula is C24H28N2O2S2. The van der Waals surface area contributed by atoms with Gasteiger partial charge < -0.3 is 10.6 Å². The Morgan fingerprint density at radius 2 is 1.90 bits per heavy atom. The van der Waals surface area contributed by atoms with Crippen molar-refractivity contribution in [3.05, 3.63) is 64.1 Å². The highest BCUT2D eigenvalue weighted by Gasteiger charge is 2.22. The number of aryl methyl sites for hydroxylation is 1. The highest BCUT2D eigenvalue weighted by atomic mass is 32.2. The number of benzene rings is 2. The largest absolute Gasteiger partial charge is 0.352 e. The van der Waals surface area contributed by atoms with Crippen molar-refractivity contribution in [2.45, 2.75) is 38.0 Å². The normalized spacial score (nSPS) is 14.3. The number of rotatable bonds is 9. The molecule has 0 unspecified atom stereocenters. The van der Waals surface area contributed by atoms with Crippen LogP contribution in [0.3, 0.4) is 0 Å². The Bertz CT molecular complexity index is 923. The van der Waals surface area contributed by atoms with Crippen LogP contribution in [0.25, 0.3) is 6.08 Å². The average molecular weight is 441 g/mol. The lowest BCUT2D eigenvalue weighted by Crippen LogP contribution is -2.25. The quantitative estimate of drug-likeness (QED) is 0.386. The van der Waals surface area contributed by atoms with Gasteiger partial charge in [-0.05, 0) is 61.1 Å². The predicted molar refractivity (Wildman–Crippen MR) is 129 cm³/mol. The summed E-state index contributed by atoms with van der Waals surface area (Å²) in [5, 5.41) is 5.89. The third-order valence-electron chi connectivity index (χ3n) is 4.70. The van der Waals surface area contributed by atoms with Gasteiger partial charge in [-0.15, -0.1) is 0 Å². The van der Waals surface area contributed by atoms with Crippen LogP contribution in [0.15, 0.2) is 52.3 Å². The van der Waals surface area contributed by atoms with E-state index in [4.69, 9.17) is 0 Å². The van der Waals surface area contributed by atoms with Gasteiger partial charge in [0.25, 0.3) is 11.8 Å². The Kier molecular flexibility index (Phi) is 8.46. The first-order chi connectivity index (χ1) is 14.6. The first kappa shape index (κ1) is 22.5. The SMILES string of the molecule is CCCCSCCCNC(=O)c1ccc2c(c1)NC(=O)C(=Cc1ccc(C)cc1)S2. The Morgan fingerprint density at radius 1 is 1.13 bits per heavy atom. The fourth-order valence-corrected chi connectivity index (χ4v) is 4.92. The van der Waals surface area contributed by atoms with Gasteiger partial charge in [-0.1, -0.05) is 54.9 Å². The molecule has 0 atom stereocenters. The molecule has 0 aromatic heterocycles. The van der Waals surface area contributed by atoms with Gasteiger partial charge in [-0.2, -0.15) is 11.8 Å². The van der Waals surface area contributed by atoms with E-state index in [1.54, 1.807) is 6.07 Å². The smallest absolute Gasteiger partial charge is 0.262 e. The lowest BCUT2D eigenvalue weighted by Gasteiger charge is -2.19. The lowest BCUT2D eigenvalue weighted by atomic mass is 10.1. The number of hydrogen-bond acceptors (Lipinski definition) is 4. The molecule has 0 fully saturated rings. The maximum atomic E-state index is 12.5. The van der Waals surface area contributed by atoms with E-state index in [1.165, 1.54) is 35.9 Å². The van der Waals surface area contributed by atoms with Crippen LogP contribution in [-0.4, -0.2) is 29.9 Å². The molecule has 0 saturated heterocycles. The van der Waals surface area contributed by atoms with E-state index >= 15 is 0 Å². The number of fused-ring (bicyclic) bond motifs is 1. The molecule has 0 bridgehead atoms. The van der Waals surface area contributed by atoms with Gasteiger partial charge in [0.05, 0.1) is 10.6 Å². The number of nitrogens with one attached hydrogen (secondary N) is 2. The summed E-state index contributed by atoms with van der Waals surface area (Å²) in [6.07, 6.45) is 5.32. The summed E-state index contributed by atoms with van der Waals surface area (Å²) in [6, 6.07) is 13.5. The summed E-state index contributed by atoms with van der Waals surface area (Å²) < 4.78 is 0. The summed E-state index contributed by atoms with van der Waals surface area (Å²) in [7, 11) is 0. The van der Waals surface area contributed by atoms with Crippen molar-refractivity contribution < 1.29 is 9.59 Å². The summed E-state index contributed by atoms with van der Waals surface area (Å²) in [5.74, 6) is 2.01. The molecule has 0 saturated carbocycles. The monoisotopic (exact) mass is 440 g/mol. The fraction of sp³-hybridized carbons (Fsp3) is 0.333. The van der Waals surface area contributed by atoms with Crippen LogP contribution in [0, 0.1) is 6.92 Å². The summed E-state index contributed by atoms with van der Waals surface area (Å²) >= 11 is 3.37. The molecule has 2 aromatic carbocycles. The lowest BCUT2D eigenvalue weighted by molar-refractivity contribution is -0.112. The van der Waals surface area contributed by atoms with Crippen LogP contribution < -0.4 is 10.6 Å². The molecular weight excluding hydrogens is 412 g/mol. The minimum atomic E-state index is -0.144. The molecule has 2 amide bonds. The minimum Gasteiger partial charge on any atom is -0.352 e. The molecule has 0 spiro atoms. The second-order valence-electron chi connectivity index (χ2n) is 7.26. The zero-order valence-electron chi connectivity index (χ0n) is 17.5. The van der Waals surface area contributed by atoms with Gasteiger partial charge in [0.2, 0.25) is 0 Å². The third-order valence-corrected chi connectivity index (χ3v) is 6.96. The molecule has 1 aliphatic rings.